The van der Waals surface area contributed by atoms with Gasteiger partial charge in [0.1, 0.15) is 11.7 Å². The third kappa shape index (κ3) is 2.74. The highest BCUT2D eigenvalue weighted by molar-refractivity contribution is 5.95. The largest absolute Gasteiger partial charge is 0.495 e. The summed E-state index contributed by atoms with van der Waals surface area (Å²) in [5, 5.41) is 11.4. The van der Waals surface area contributed by atoms with Crippen molar-refractivity contribution in [1.29, 1.82) is 5.26 Å². The Balaban J connectivity index is 2.81. The number of para-hydroxylation sites is 2. The van der Waals surface area contributed by atoms with Crippen molar-refractivity contribution in [2.24, 2.45) is 5.92 Å². The van der Waals surface area contributed by atoms with E-state index in [0.717, 1.165) is 0 Å². The van der Waals surface area contributed by atoms with Gasteiger partial charge in [-0.1, -0.05) is 19.1 Å². The molecular weight excluding hydrogens is 204 g/mol. The number of anilines is 1. The van der Waals surface area contributed by atoms with Crippen LogP contribution < -0.4 is 10.1 Å². The van der Waals surface area contributed by atoms with Crippen LogP contribution in [0, 0.1) is 17.2 Å². The average Bonchev–Trinajstić information content (AvgIpc) is 2.31. The molecule has 0 bridgehead atoms. The highest BCUT2D eigenvalue weighted by Crippen LogP contribution is 2.23. The van der Waals surface area contributed by atoms with Crippen molar-refractivity contribution in [3.05, 3.63) is 24.3 Å². The molecule has 0 aliphatic rings. The van der Waals surface area contributed by atoms with E-state index in [2.05, 4.69) is 5.32 Å². The van der Waals surface area contributed by atoms with Gasteiger partial charge in [0.2, 0.25) is 5.91 Å². The molecule has 1 aromatic carbocycles. The molecule has 0 fully saturated rings. The average molecular weight is 218 g/mol. The topological polar surface area (TPSA) is 62.1 Å². The van der Waals surface area contributed by atoms with Crippen molar-refractivity contribution in [1.82, 2.24) is 0 Å². The first-order valence-electron chi connectivity index (χ1n) is 5.06. The van der Waals surface area contributed by atoms with Crippen molar-refractivity contribution in [2.75, 3.05) is 12.4 Å². The van der Waals surface area contributed by atoms with E-state index in [1.165, 1.54) is 7.11 Å². The lowest BCUT2D eigenvalue weighted by atomic mass is 10.1. The minimum Gasteiger partial charge on any atom is -0.495 e. The summed E-state index contributed by atoms with van der Waals surface area (Å²) < 4.78 is 5.10. The molecule has 1 amide bonds. The number of nitrogens with one attached hydrogen (secondary N) is 1. The second kappa shape index (κ2) is 5.76. The number of hydrogen-bond donors (Lipinski definition) is 1. The molecule has 0 aliphatic heterocycles. The number of benzene rings is 1. The zero-order valence-electron chi connectivity index (χ0n) is 9.36. The maximum atomic E-state index is 11.7. The number of rotatable bonds is 4. The fraction of sp³-hybridized carbons (Fsp3) is 0.333. The third-order valence-corrected chi connectivity index (χ3v) is 2.25. The molecular formula is C12H14N2O2. The van der Waals surface area contributed by atoms with Crippen LogP contribution in [0.5, 0.6) is 5.75 Å². The van der Waals surface area contributed by atoms with Gasteiger partial charge in [-0.2, -0.15) is 5.26 Å². The first-order chi connectivity index (χ1) is 7.72. The Hall–Kier alpha value is -2.02. The number of nitriles is 1. The molecule has 1 N–H and O–H groups in total. The summed E-state index contributed by atoms with van der Waals surface area (Å²) in [6.45, 7) is 1.80. The van der Waals surface area contributed by atoms with Crippen molar-refractivity contribution in [2.45, 2.75) is 13.3 Å². The Labute approximate surface area is 94.8 Å². The van der Waals surface area contributed by atoms with Crippen LogP contribution in [0.3, 0.4) is 0 Å². The van der Waals surface area contributed by atoms with Crippen LogP contribution in [0.1, 0.15) is 13.3 Å². The molecule has 0 radical (unpaired) electrons. The summed E-state index contributed by atoms with van der Waals surface area (Å²) in [7, 11) is 1.53. The van der Waals surface area contributed by atoms with Crippen molar-refractivity contribution in [3.63, 3.8) is 0 Å². The fourth-order valence-electron chi connectivity index (χ4n) is 1.30. The number of carbonyl (C=O) groups is 1. The quantitative estimate of drug-likeness (QED) is 0.842. The van der Waals surface area contributed by atoms with E-state index in [9.17, 15) is 4.79 Å². The first kappa shape index (κ1) is 12.1. The molecule has 0 saturated carbocycles. The van der Waals surface area contributed by atoms with Gasteiger partial charge in [0, 0.05) is 0 Å². The normalized spacial score (nSPS) is 11.3. The highest BCUT2D eigenvalue weighted by Gasteiger charge is 2.16. The standard InChI is InChI=1S/C12H14N2O2/c1-3-9(8-13)12(15)14-10-6-4-5-7-11(10)16-2/h4-7,9H,3H2,1-2H3,(H,14,15). The number of amides is 1. The maximum absolute atomic E-state index is 11.7. The van der Waals surface area contributed by atoms with E-state index >= 15 is 0 Å². The summed E-state index contributed by atoms with van der Waals surface area (Å²) >= 11 is 0. The summed E-state index contributed by atoms with van der Waals surface area (Å²) in [6, 6.07) is 9.06. The van der Waals surface area contributed by atoms with Gasteiger partial charge >= 0.3 is 0 Å². The molecule has 4 nitrogen and oxygen atoms in total. The molecule has 16 heavy (non-hydrogen) atoms. The number of methoxy groups -OCH3 is 1. The molecule has 1 atom stereocenters. The summed E-state index contributed by atoms with van der Waals surface area (Å²) in [6.07, 6.45) is 0.498. The molecule has 0 heterocycles. The van der Waals surface area contributed by atoms with E-state index in [0.29, 0.717) is 17.9 Å². The Kier molecular flexibility index (Phi) is 4.34. The van der Waals surface area contributed by atoms with E-state index in [4.69, 9.17) is 10.00 Å². The maximum Gasteiger partial charge on any atom is 0.241 e. The number of carbonyl (C=O) groups excluding carboxylic acids is 1. The zero-order valence-corrected chi connectivity index (χ0v) is 9.36. The van der Waals surface area contributed by atoms with Gasteiger partial charge in [-0.15, -0.1) is 0 Å². The van der Waals surface area contributed by atoms with Gasteiger partial charge in [-0.05, 0) is 18.6 Å². The minimum atomic E-state index is -0.620. The predicted octanol–water partition coefficient (Wildman–Crippen LogP) is 2.18. The van der Waals surface area contributed by atoms with Gasteiger partial charge < -0.3 is 10.1 Å². The SMILES string of the molecule is CCC(C#N)C(=O)Nc1ccccc1OC. The Bertz CT molecular complexity index is 410. The zero-order chi connectivity index (χ0) is 12.0. The fourth-order valence-corrected chi connectivity index (χ4v) is 1.30. The van der Waals surface area contributed by atoms with E-state index in [1.807, 2.05) is 12.1 Å². The van der Waals surface area contributed by atoms with Crippen molar-refractivity contribution < 1.29 is 9.53 Å². The van der Waals surface area contributed by atoms with Gasteiger partial charge in [0.05, 0.1) is 18.9 Å². The van der Waals surface area contributed by atoms with Crippen LogP contribution in [0.2, 0.25) is 0 Å². The molecule has 1 rings (SSSR count). The Morgan fingerprint density at radius 3 is 2.81 bits per heavy atom. The summed E-state index contributed by atoms with van der Waals surface area (Å²) in [5.41, 5.74) is 0.587. The summed E-state index contributed by atoms with van der Waals surface area (Å²) in [5.74, 6) is -0.331. The van der Waals surface area contributed by atoms with Crippen LogP contribution in [0.15, 0.2) is 24.3 Å². The van der Waals surface area contributed by atoms with Crippen molar-refractivity contribution >= 4 is 11.6 Å². The smallest absolute Gasteiger partial charge is 0.241 e. The second-order valence-corrected chi connectivity index (χ2v) is 3.28. The van der Waals surface area contributed by atoms with Crippen LogP contribution in [0.25, 0.3) is 0 Å². The van der Waals surface area contributed by atoms with Crippen LogP contribution >= 0.6 is 0 Å². The number of hydrogen-bond acceptors (Lipinski definition) is 3. The summed E-state index contributed by atoms with van der Waals surface area (Å²) in [4.78, 5) is 11.7. The van der Waals surface area contributed by atoms with E-state index in [-0.39, 0.29) is 5.91 Å². The lowest BCUT2D eigenvalue weighted by Gasteiger charge is -2.11. The second-order valence-electron chi connectivity index (χ2n) is 3.28. The van der Waals surface area contributed by atoms with Gasteiger partial charge in [-0.25, -0.2) is 0 Å². The molecule has 0 saturated heterocycles. The Morgan fingerprint density at radius 2 is 2.25 bits per heavy atom. The van der Waals surface area contributed by atoms with Crippen LogP contribution in [-0.4, -0.2) is 13.0 Å². The molecule has 0 spiro atoms. The number of ether oxygens (including phenoxy) is 1. The molecule has 1 unspecified atom stereocenters. The molecule has 0 aromatic heterocycles. The third-order valence-electron chi connectivity index (χ3n) is 2.25. The highest BCUT2D eigenvalue weighted by atomic mass is 16.5. The van der Waals surface area contributed by atoms with E-state index in [1.54, 1.807) is 25.1 Å². The lowest BCUT2D eigenvalue weighted by Crippen LogP contribution is -2.21. The van der Waals surface area contributed by atoms with Gasteiger partial charge in [-0.3, -0.25) is 4.79 Å². The first-order valence-corrected chi connectivity index (χ1v) is 5.06. The van der Waals surface area contributed by atoms with Crippen molar-refractivity contribution in [3.8, 4) is 11.8 Å². The molecule has 4 heteroatoms. The van der Waals surface area contributed by atoms with E-state index < -0.39 is 5.92 Å². The molecule has 0 aliphatic carbocycles. The van der Waals surface area contributed by atoms with Crippen LogP contribution in [-0.2, 0) is 4.79 Å². The minimum absolute atomic E-state index is 0.297. The molecule has 84 valence electrons. The molecule has 1 aromatic rings. The monoisotopic (exact) mass is 218 g/mol. The number of nitrogens with zero attached hydrogens (tertiary/aromatic N) is 1. The van der Waals surface area contributed by atoms with Gasteiger partial charge in [0.15, 0.2) is 0 Å². The van der Waals surface area contributed by atoms with Gasteiger partial charge in [0.25, 0.3) is 0 Å². The van der Waals surface area contributed by atoms with Crippen LogP contribution in [0.4, 0.5) is 5.69 Å². The lowest BCUT2D eigenvalue weighted by molar-refractivity contribution is -0.118. The predicted molar refractivity (Wildman–Crippen MR) is 61.0 cm³/mol. The Morgan fingerprint density at radius 1 is 1.56 bits per heavy atom.